The van der Waals surface area contributed by atoms with Gasteiger partial charge in [-0.1, -0.05) is 6.08 Å². The molecule has 0 fully saturated rings. The molecule has 0 aromatic carbocycles. The van der Waals surface area contributed by atoms with Crippen molar-refractivity contribution in [2.24, 2.45) is 0 Å². The fourth-order valence-electron chi connectivity index (χ4n) is 1.01. The first-order chi connectivity index (χ1) is 3.93. The van der Waals surface area contributed by atoms with Crippen molar-refractivity contribution in [3.05, 3.63) is 11.6 Å². The molecule has 0 aromatic rings. The average Bonchev–Trinajstić information content (AvgIpc) is 1.90. The molecule has 1 nitrogen and oxygen atoms in total. The second-order valence-corrected chi connectivity index (χ2v) is 2.19. The number of allylic oxidation sites excluding steroid dienone is 2. The van der Waals surface area contributed by atoms with Gasteiger partial charge in [0.2, 0.25) is 0 Å². The van der Waals surface area contributed by atoms with Crippen molar-refractivity contribution in [2.75, 3.05) is 0 Å². The third-order valence-corrected chi connectivity index (χ3v) is 1.54. The summed E-state index contributed by atoms with van der Waals surface area (Å²) in [5, 5.41) is 5.31. The standard InChI is InChI=1S/C7H11N/c8-6-7-4-2-1-3-5-7/h4,6,8H,1-3,5H2/p+1. The van der Waals surface area contributed by atoms with E-state index in [9.17, 15) is 0 Å². The molecule has 8 heavy (non-hydrogen) atoms. The Bertz CT molecular complexity index is 114. The summed E-state index contributed by atoms with van der Waals surface area (Å²) in [4.78, 5) is 0. The normalized spacial score (nSPS) is 19.8. The lowest BCUT2D eigenvalue weighted by Gasteiger charge is -2.03. The Kier molecular flexibility index (Phi) is 1.84. The number of rotatable bonds is 1. The van der Waals surface area contributed by atoms with Crippen LogP contribution in [0.2, 0.25) is 0 Å². The van der Waals surface area contributed by atoms with Gasteiger partial charge in [0.1, 0.15) is 0 Å². The van der Waals surface area contributed by atoms with Gasteiger partial charge in [0.05, 0.1) is 0 Å². The lowest BCUT2D eigenvalue weighted by Crippen LogP contribution is -2.30. The van der Waals surface area contributed by atoms with Crippen molar-refractivity contribution in [3.63, 3.8) is 0 Å². The first kappa shape index (κ1) is 5.54. The van der Waals surface area contributed by atoms with E-state index in [1.165, 1.54) is 31.3 Å². The maximum absolute atomic E-state index is 5.31. The Labute approximate surface area is 49.9 Å². The van der Waals surface area contributed by atoms with Crippen molar-refractivity contribution in [3.8, 4) is 0 Å². The second kappa shape index (κ2) is 2.65. The summed E-state index contributed by atoms with van der Waals surface area (Å²) in [6.45, 7) is 0. The summed E-state index contributed by atoms with van der Waals surface area (Å²) >= 11 is 0. The van der Waals surface area contributed by atoms with E-state index in [2.05, 4.69) is 6.08 Å². The summed E-state index contributed by atoms with van der Waals surface area (Å²) in [6.07, 6.45) is 9.03. The molecule has 44 valence electrons. The Morgan fingerprint density at radius 1 is 1.50 bits per heavy atom. The molecule has 0 radical (unpaired) electrons. The molecule has 0 aliphatic heterocycles. The van der Waals surface area contributed by atoms with Crippen molar-refractivity contribution in [1.82, 2.24) is 0 Å². The Morgan fingerprint density at radius 2 is 2.38 bits per heavy atom. The van der Waals surface area contributed by atoms with Gasteiger partial charge in [-0.25, -0.2) is 0 Å². The molecule has 0 heterocycles. The zero-order valence-corrected chi connectivity index (χ0v) is 5.06. The number of hydrogen-bond donors (Lipinski definition) is 1. The highest BCUT2D eigenvalue weighted by Gasteiger charge is 2.00. The summed E-state index contributed by atoms with van der Waals surface area (Å²) in [6, 6.07) is 0. The van der Waals surface area contributed by atoms with Crippen molar-refractivity contribution < 1.29 is 5.41 Å². The molecule has 1 aliphatic carbocycles. The lowest BCUT2D eigenvalue weighted by molar-refractivity contribution is -0.105. The minimum absolute atomic E-state index is 1.19. The van der Waals surface area contributed by atoms with E-state index in [4.69, 9.17) is 5.41 Å². The summed E-state index contributed by atoms with van der Waals surface area (Å²) in [5.74, 6) is 0. The van der Waals surface area contributed by atoms with Gasteiger partial charge in [0.15, 0.2) is 6.21 Å². The Morgan fingerprint density at radius 3 is 2.75 bits per heavy atom. The summed E-state index contributed by atoms with van der Waals surface area (Å²) < 4.78 is 0. The highest BCUT2D eigenvalue weighted by molar-refractivity contribution is 5.73. The van der Waals surface area contributed by atoms with Gasteiger partial charge in [-0.3, -0.25) is 5.41 Å². The van der Waals surface area contributed by atoms with Crippen LogP contribution in [0.3, 0.4) is 0 Å². The zero-order valence-electron chi connectivity index (χ0n) is 5.06. The smallest absolute Gasteiger partial charge is 0.162 e. The molecule has 0 spiro atoms. The SMILES string of the molecule is [NH2+]=CC1=CCCCC1. The molecule has 0 bridgehead atoms. The van der Waals surface area contributed by atoms with Crippen LogP contribution in [0.1, 0.15) is 25.7 Å². The lowest BCUT2D eigenvalue weighted by atomic mass is 10.0. The monoisotopic (exact) mass is 110 g/mol. The van der Waals surface area contributed by atoms with Crippen molar-refractivity contribution in [2.45, 2.75) is 25.7 Å². The van der Waals surface area contributed by atoms with Crippen LogP contribution in [0.15, 0.2) is 11.6 Å². The van der Waals surface area contributed by atoms with Crippen molar-refractivity contribution in [1.29, 1.82) is 0 Å². The van der Waals surface area contributed by atoms with E-state index in [0.29, 0.717) is 0 Å². The van der Waals surface area contributed by atoms with E-state index in [1.807, 2.05) is 0 Å². The van der Waals surface area contributed by atoms with E-state index < -0.39 is 0 Å². The summed E-state index contributed by atoms with van der Waals surface area (Å²) in [7, 11) is 0. The van der Waals surface area contributed by atoms with Gasteiger partial charge in [0.25, 0.3) is 0 Å². The van der Waals surface area contributed by atoms with Crippen LogP contribution in [0.25, 0.3) is 0 Å². The fourth-order valence-corrected chi connectivity index (χ4v) is 1.01. The molecule has 2 N–H and O–H groups in total. The van der Waals surface area contributed by atoms with Crippen LogP contribution in [-0.2, 0) is 0 Å². The molecular weight excluding hydrogens is 98.1 g/mol. The topological polar surface area (TPSA) is 25.6 Å². The molecule has 0 atom stereocenters. The van der Waals surface area contributed by atoms with E-state index >= 15 is 0 Å². The van der Waals surface area contributed by atoms with Crippen LogP contribution >= 0.6 is 0 Å². The second-order valence-electron chi connectivity index (χ2n) is 2.19. The molecular formula is C7H12N+. The predicted molar refractivity (Wildman–Crippen MR) is 34.5 cm³/mol. The van der Waals surface area contributed by atoms with E-state index in [1.54, 1.807) is 6.21 Å². The zero-order chi connectivity index (χ0) is 5.82. The fraction of sp³-hybridized carbons (Fsp3) is 0.571. The maximum Gasteiger partial charge on any atom is 0.162 e. The van der Waals surface area contributed by atoms with E-state index in [-0.39, 0.29) is 0 Å². The molecule has 0 saturated heterocycles. The first-order valence-electron chi connectivity index (χ1n) is 3.17. The first-order valence-corrected chi connectivity index (χ1v) is 3.17. The van der Waals surface area contributed by atoms with E-state index in [0.717, 1.165) is 0 Å². The minimum Gasteiger partial charge on any atom is -0.260 e. The average molecular weight is 110 g/mol. The number of nitrogens with two attached hydrogens (primary N) is 1. The molecule has 1 heteroatoms. The number of hydrogen-bond acceptors (Lipinski definition) is 0. The van der Waals surface area contributed by atoms with Gasteiger partial charge in [-0.05, 0) is 25.7 Å². The largest absolute Gasteiger partial charge is 0.260 e. The summed E-state index contributed by atoms with van der Waals surface area (Å²) in [5.41, 5.74) is 1.33. The van der Waals surface area contributed by atoms with Crippen LogP contribution in [-0.4, -0.2) is 6.21 Å². The molecule has 0 amide bonds. The van der Waals surface area contributed by atoms with Gasteiger partial charge in [-0.2, -0.15) is 0 Å². The Balaban J connectivity index is 2.49. The van der Waals surface area contributed by atoms with Gasteiger partial charge in [-0.15, -0.1) is 0 Å². The van der Waals surface area contributed by atoms with Crippen LogP contribution in [0, 0.1) is 0 Å². The van der Waals surface area contributed by atoms with Gasteiger partial charge in [0, 0.05) is 5.57 Å². The molecule has 1 aliphatic rings. The van der Waals surface area contributed by atoms with Crippen LogP contribution < -0.4 is 5.41 Å². The minimum atomic E-state index is 1.19. The van der Waals surface area contributed by atoms with Crippen LogP contribution in [0.5, 0.6) is 0 Å². The van der Waals surface area contributed by atoms with Gasteiger partial charge < -0.3 is 0 Å². The molecule has 0 unspecified atom stereocenters. The third-order valence-electron chi connectivity index (χ3n) is 1.54. The third kappa shape index (κ3) is 1.19. The highest BCUT2D eigenvalue weighted by Crippen LogP contribution is 2.14. The van der Waals surface area contributed by atoms with Gasteiger partial charge >= 0.3 is 0 Å². The predicted octanol–water partition coefficient (Wildman–Crippen LogP) is 0.317. The molecule has 0 saturated carbocycles. The Hall–Kier alpha value is -0.590. The quantitative estimate of drug-likeness (QED) is 0.470. The van der Waals surface area contributed by atoms with Crippen LogP contribution in [0.4, 0.5) is 0 Å². The molecule has 0 aromatic heterocycles. The highest BCUT2D eigenvalue weighted by atomic mass is 14.3. The maximum atomic E-state index is 5.31. The van der Waals surface area contributed by atoms with Crippen molar-refractivity contribution >= 4 is 6.21 Å². The molecule has 1 rings (SSSR count).